The number of nitrogens with zero attached hydrogens (tertiary/aromatic N) is 1. The summed E-state index contributed by atoms with van der Waals surface area (Å²) in [6.07, 6.45) is 4.42. The molecule has 1 aromatic carbocycles. The monoisotopic (exact) mass is 296 g/mol. The molecule has 3 aromatic rings. The van der Waals surface area contributed by atoms with Crippen molar-refractivity contribution >= 4 is 22.9 Å². The van der Waals surface area contributed by atoms with Gasteiger partial charge in [0, 0.05) is 23.0 Å². The number of hydrogen-bond donors (Lipinski definition) is 1. The smallest absolute Gasteiger partial charge is 0.226 e. The molecule has 1 amide bonds. The van der Waals surface area contributed by atoms with Crippen LogP contribution in [-0.4, -0.2) is 10.5 Å². The number of benzene rings is 1. The quantitative estimate of drug-likeness (QED) is 0.753. The summed E-state index contributed by atoms with van der Waals surface area (Å²) in [6, 6.07) is 17.7. The summed E-state index contributed by atoms with van der Waals surface area (Å²) in [5.41, 5.74) is 0.833. The highest BCUT2D eigenvalue weighted by molar-refractivity contribution is 7.10. The molecule has 1 atom stereocenters. The lowest BCUT2D eigenvalue weighted by atomic mass is 10.1. The molecular formula is C17H16N2OS. The van der Waals surface area contributed by atoms with Gasteiger partial charge >= 0.3 is 0 Å². The first-order chi connectivity index (χ1) is 10.3. The van der Waals surface area contributed by atoms with Crippen LogP contribution in [0, 0.1) is 0 Å². The minimum absolute atomic E-state index is 0.0216. The maximum Gasteiger partial charge on any atom is 0.226 e. The predicted molar refractivity (Wildman–Crippen MR) is 86.6 cm³/mol. The molecule has 2 heterocycles. The molecule has 0 aliphatic rings. The summed E-state index contributed by atoms with van der Waals surface area (Å²) in [6.45, 7) is 0. The first kappa shape index (κ1) is 13.6. The molecule has 106 valence electrons. The predicted octanol–water partition coefficient (Wildman–Crippen LogP) is 4.17. The molecule has 3 nitrogen and oxygen atoms in total. The Morgan fingerprint density at radius 1 is 1.05 bits per heavy atom. The fraction of sp³-hybridized carbons (Fsp3) is 0.118. The molecule has 0 saturated carbocycles. The number of rotatable bonds is 5. The van der Waals surface area contributed by atoms with Gasteiger partial charge in [-0.1, -0.05) is 24.3 Å². The van der Waals surface area contributed by atoms with Crippen LogP contribution in [0.5, 0.6) is 0 Å². The molecule has 1 N–H and O–H groups in total. The number of carbonyl (C=O) groups is 1. The van der Waals surface area contributed by atoms with Crippen LogP contribution in [0.2, 0.25) is 0 Å². The van der Waals surface area contributed by atoms with Gasteiger partial charge in [0.2, 0.25) is 5.91 Å². The Hall–Kier alpha value is -2.33. The van der Waals surface area contributed by atoms with Crippen LogP contribution in [0.15, 0.2) is 72.4 Å². The van der Waals surface area contributed by atoms with Gasteiger partial charge in [0.05, 0.1) is 12.5 Å². The van der Waals surface area contributed by atoms with Gasteiger partial charge in [0.1, 0.15) is 0 Å². The Bertz CT molecular complexity index is 641. The molecule has 0 aliphatic heterocycles. The van der Waals surface area contributed by atoms with Crippen molar-refractivity contribution in [3.8, 4) is 0 Å². The van der Waals surface area contributed by atoms with Crippen molar-refractivity contribution in [3.63, 3.8) is 0 Å². The number of hydrogen-bond acceptors (Lipinski definition) is 2. The zero-order valence-corrected chi connectivity index (χ0v) is 12.3. The van der Waals surface area contributed by atoms with E-state index in [1.807, 2.05) is 66.3 Å². The summed E-state index contributed by atoms with van der Waals surface area (Å²) in [5, 5.41) is 4.99. The second-order valence-electron chi connectivity index (χ2n) is 4.78. The minimum atomic E-state index is 0.0216. The van der Waals surface area contributed by atoms with E-state index in [0.717, 1.165) is 5.69 Å². The second-order valence-corrected chi connectivity index (χ2v) is 5.76. The van der Waals surface area contributed by atoms with Crippen molar-refractivity contribution in [3.05, 3.63) is 77.2 Å². The van der Waals surface area contributed by atoms with Gasteiger partial charge in [0.25, 0.3) is 0 Å². The van der Waals surface area contributed by atoms with Crippen molar-refractivity contribution < 1.29 is 4.79 Å². The standard InChI is InChI=1S/C17H16N2OS/c20-17(18-14-7-2-1-3-8-14)13-15(16-9-6-12-21-16)19-10-4-5-11-19/h1-12,15H,13H2,(H,18,20)/t15-/m1/s1. The van der Waals surface area contributed by atoms with Gasteiger partial charge in [-0.3, -0.25) is 4.79 Å². The lowest BCUT2D eigenvalue weighted by molar-refractivity contribution is -0.116. The number of thiophene rings is 1. The Kier molecular flexibility index (Phi) is 4.17. The molecule has 0 spiro atoms. The highest BCUT2D eigenvalue weighted by Gasteiger charge is 2.18. The normalized spacial score (nSPS) is 12.0. The third-order valence-corrected chi connectivity index (χ3v) is 4.27. The fourth-order valence-corrected chi connectivity index (χ4v) is 3.13. The summed E-state index contributed by atoms with van der Waals surface area (Å²) in [4.78, 5) is 13.5. The number of para-hydroxylation sites is 1. The Morgan fingerprint density at radius 2 is 1.81 bits per heavy atom. The molecule has 3 rings (SSSR count). The van der Waals surface area contributed by atoms with Gasteiger partial charge in [-0.05, 0) is 35.7 Å². The van der Waals surface area contributed by atoms with Gasteiger partial charge in [0.15, 0.2) is 0 Å². The Labute approximate surface area is 127 Å². The van der Waals surface area contributed by atoms with Crippen molar-refractivity contribution in [1.82, 2.24) is 4.57 Å². The molecular weight excluding hydrogens is 280 g/mol. The third kappa shape index (κ3) is 3.41. The first-order valence-electron chi connectivity index (χ1n) is 6.84. The second kappa shape index (κ2) is 6.41. The zero-order valence-electron chi connectivity index (χ0n) is 11.5. The van der Waals surface area contributed by atoms with Crippen LogP contribution < -0.4 is 5.32 Å². The molecule has 2 aromatic heterocycles. The Balaban J connectivity index is 1.75. The van der Waals surface area contributed by atoms with Gasteiger partial charge < -0.3 is 9.88 Å². The highest BCUT2D eigenvalue weighted by atomic mass is 32.1. The van der Waals surface area contributed by atoms with E-state index in [2.05, 4.69) is 16.0 Å². The summed E-state index contributed by atoms with van der Waals surface area (Å²) in [5.74, 6) is 0.0216. The number of carbonyl (C=O) groups excluding carboxylic acids is 1. The van der Waals surface area contributed by atoms with Crippen LogP contribution in [0.3, 0.4) is 0 Å². The SMILES string of the molecule is O=C(C[C@H](c1cccs1)n1cccc1)Nc1ccccc1. The van der Waals surface area contributed by atoms with Crippen LogP contribution in [0.1, 0.15) is 17.3 Å². The highest BCUT2D eigenvalue weighted by Crippen LogP contribution is 2.26. The Morgan fingerprint density at radius 3 is 2.48 bits per heavy atom. The number of nitrogens with one attached hydrogen (secondary N) is 1. The van der Waals surface area contributed by atoms with E-state index in [0.29, 0.717) is 6.42 Å². The largest absolute Gasteiger partial charge is 0.346 e. The summed E-state index contributed by atoms with van der Waals surface area (Å²) < 4.78 is 2.08. The lowest BCUT2D eigenvalue weighted by Crippen LogP contribution is -2.18. The molecule has 0 saturated heterocycles. The molecule has 4 heteroatoms. The van der Waals surface area contributed by atoms with E-state index in [1.165, 1.54) is 4.88 Å². The molecule has 0 unspecified atom stereocenters. The molecule has 21 heavy (non-hydrogen) atoms. The topological polar surface area (TPSA) is 34.0 Å². The van der Waals surface area contributed by atoms with E-state index in [-0.39, 0.29) is 11.9 Å². The van der Waals surface area contributed by atoms with Crippen molar-refractivity contribution in [1.29, 1.82) is 0 Å². The molecule has 0 radical (unpaired) electrons. The van der Waals surface area contributed by atoms with Gasteiger partial charge in [-0.25, -0.2) is 0 Å². The van der Waals surface area contributed by atoms with Gasteiger partial charge in [-0.15, -0.1) is 11.3 Å². The van der Waals surface area contributed by atoms with Crippen molar-refractivity contribution in [2.75, 3.05) is 5.32 Å². The number of amides is 1. The zero-order chi connectivity index (χ0) is 14.5. The van der Waals surface area contributed by atoms with E-state index in [9.17, 15) is 4.79 Å². The fourth-order valence-electron chi connectivity index (χ4n) is 2.30. The number of anilines is 1. The van der Waals surface area contributed by atoms with Crippen LogP contribution >= 0.6 is 11.3 Å². The summed E-state index contributed by atoms with van der Waals surface area (Å²) >= 11 is 1.68. The van der Waals surface area contributed by atoms with Crippen LogP contribution in [0.25, 0.3) is 0 Å². The van der Waals surface area contributed by atoms with E-state index < -0.39 is 0 Å². The number of aromatic nitrogens is 1. The van der Waals surface area contributed by atoms with Gasteiger partial charge in [-0.2, -0.15) is 0 Å². The van der Waals surface area contributed by atoms with E-state index >= 15 is 0 Å². The van der Waals surface area contributed by atoms with Crippen LogP contribution in [-0.2, 0) is 4.79 Å². The van der Waals surface area contributed by atoms with Crippen molar-refractivity contribution in [2.24, 2.45) is 0 Å². The summed E-state index contributed by atoms with van der Waals surface area (Å²) in [7, 11) is 0. The first-order valence-corrected chi connectivity index (χ1v) is 7.71. The maximum absolute atomic E-state index is 12.3. The van der Waals surface area contributed by atoms with E-state index in [4.69, 9.17) is 0 Å². The maximum atomic E-state index is 12.3. The van der Waals surface area contributed by atoms with E-state index in [1.54, 1.807) is 11.3 Å². The third-order valence-electron chi connectivity index (χ3n) is 3.30. The van der Waals surface area contributed by atoms with Crippen molar-refractivity contribution in [2.45, 2.75) is 12.5 Å². The molecule has 0 aliphatic carbocycles. The lowest BCUT2D eigenvalue weighted by Gasteiger charge is -2.17. The molecule has 0 fully saturated rings. The average Bonchev–Trinajstić information content (AvgIpc) is 3.19. The van der Waals surface area contributed by atoms with Crippen LogP contribution in [0.4, 0.5) is 5.69 Å². The average molecular weight is 296 g/mol. The minimum Gasteiger partial charge on any atom is -0.346 e. The molecule has 0 bridgehead atoms.